The zero-order chi connectivity index (χ0) is 17.8. The van der Waals surface area contributed by atoms with Crippen molar-refractivity contribution in [3.8, 4) is 5.75 Å². The van der Waals surface area contributed by atoms with Crippen molar-refractivity contribution in [1.82, 2.24) is 4.90 Å². The number of carbonyl (C=O) groups excluding carboxylic acids is 1. The fourth-order valence-corrected chi connectivity index (χ4v) is 3.00. The van der Waals surface area contributed by atoms with Gasteiger partial charge in [0.2, 0.25) is 5.91 Å². The summed E-state index contributed by atoms with van der Waals surface area (Å²) in [6, 6.07) is 13.8. The maximum atomic E-state index is 13.0. The molecule has 0 radical (unpaired) electrons. The molecular formula is C20H22FNO3. The highest BCUT2D eigenvalue weighted by molar-refractivity contribution is 5.79. The number of nitrogens with zero attached hydrogens (tertiary/aromatic N) is 1. The van der Waals surface area contributed by atoms with Gasteiger partial charge >= 0.3 is 0 Å². The first-order chi connectivity index (χ1) is 12.1. The summed E-state index contributed by atoms with van der Waals surface area (Å²) in [4.78, 5) is 14.5. The molecule has 1 aliphatic heterocycles. The van der Waals surface area contributed by atoms with Crippen LogP contribution in [0.3, 0.4) is 0 Å². The minimum atomic E-state index is -0.296. The van der Waals surface area contributed by atoms with E-state index in [1.54, 1.807) is 19.2 Å². The van der Waals surface area contributed by atoms with Gasteiger partial charge in [0.25, 0.3) is 0 Å². The Bertz CT molecular complexity index is 715. The Morgan fingerprint density at radius 3 is 2.52 bits per heavy atom. The summed E-state index contributed by atoms with van der Waals surface area (Å²) >= 11 is 0. The van der Waals surface area contributed by atoms with Gasteiger partial charge in [-0.25, -0.2) is 4.39 Å². The predicted molar refractivity (Wildman–Crippen MR) is 93.0 cm³/mol. The van der Waals surface area contributed by atoms with Crippen LogP contribution in [0.5, 0.6) is 5.75 Å². The SMILES string of the molecule is COc1ccc(C2CN(C(=O)Cc3ccc(F)cc3)C(C)CO2)cc1. The zero-order valence-corrected chi connectivity index (χ0v) is 14.4. The van der Waals surface area contributed by atoms with E-state index in [4.69, 9.17) is 9.47 Å². The first kappa shape index (κ1) is 17.4. The van der Waals surface area contributed by atoms with Crippen molar-refractivity contribution in [1.29, 1.82) is 0 Å². The number of carbonyl (C=O) groups is 1. The summed E-state index contributed by atoms with van der Waals surface area (Å²) in [5, 5.41) is 0. The number of benzene rings is 2. The monoisotopic (exact) mass is 343 g/mol. The van der Waals surface area contributed by atoms with Crippen molar-refractivity contribution in [3.05, 3.63) is 65.5 Å². The van der Waals surface area contributed by atoms with Gasteiger partial charge in [-0.15, -0.1) is 0 Å². The number of rotatable bonds is 4. The first-order valence-corrected chi connectivity index (χ1v) is 8.36. The second-order valence-electron chi connectivity index (χ2n) is 6.29. The molecule has 0 aromatic heterocycles. The summed E-state index contributed by atoms with van der Waals surface area (Å²) < 4.78 is 24.1. The molecule has 5 heteroatoms. The smallest absolute Gasteiger partial charge is 0.227 e. The van der Waals surface area contributed by atoms with Crippen LogP contribution in [0.2, 0.25) is 0 Å². The third-order valence-electron chi connectivity index (χ3n) is 4.51. The van der Waals surface area contributed by atoms with Gasteiger partial charge in [0, 0.05) is 0 Å². The molecule has 2 aromatic carbocycles. The number of ether oxygens (including phenoxy) is 2. The molecule has 1 saturated heterocycles. The molecule has 0 saturated carbocycles. The molecule has 2 atom stereocenters. The van der Waals surface area contributed by atoms with Gasteiger partial charge in [0.05, 0.1) is 32.7 Å². The van der Waals surface area contributed by atoms with Crippen LogP contribution < -0.4 is 4.74 Å². The normalized spacial score (nSPS) is 20.4. The Hall–Kier alpha value is -2.40. The molecule has 1 amide bonds. The minimum absolute atomic E-state index is 0.0162. The minimum Gasteiger partial charge on any atom is -0.497 e. The molecule has 0 bridgehead atoms. The molecule has 1 fully saturated rings. The Labute approximate surface area is 147 Å². The number of morpholine rings is 1. The van der Waals surface area contributed by atoms with E-state index in [9.17, 15) is 9.18 Å². The molecule has 3 rings (SSSR count). The van der Waals surface area contributed by atoms with Crippen LogP contribution in [-0.4, -0.2) is 37.1 Å². The molecular weight excluding hydrogens is 321 g/mol. The van der Waals surface area contributed by atoms with E-state index >= 15 is 0 Å². The van der Waals surface area contributed by atoms with Crippen molar-refractivity contribution in [2.24, 2.45) is 0 Å². The second kappa shape index (κ2) is 7.66. The van der Waals surface area contributed by atoms with Gasteiger partial charge in [-0.1, -0.05) is 24.3 Å². The summed E-state index contributed by atoms with van der Waals surface area (Å²) in [5.41, 5.74) is 1.83. The van der Waals surface area contributed by atoms with E-state index in [-0.39, 0.29) is 30.3 Å². The van der Waals surface area contributed by atoms with Crippen molar-refractivity contribution in [2.45, 2.75) is 25.5 Å². The van der Waals surface area contributed by atoms with Crippen LogP contribution in [0, 0.1) is 5.82 Å². The molecule has 1 heterocycles. The molecule has 2 aromatic rings. The van der Waals surface area contributed by atoms with E-state index in [0.29, 0.717) is 13.2 Å². The van der Waals surface area contributed by atoms with E-state index in [1.165, 1.54) is 12.1 Å². The number of hydrogen-bond acceptors (Lipinski definition) is 3. The average molecular weight is 343 g/mol. The maximum absolute atomic E-state index is 13.0. The topological polar surface area (TPSA) is 38.8 Å². The molecule has 4 nitrogen and oxygen atoms in total. The number of hydrogen-bond donors (Lipinski definition) is 0. The molecule has 25 heavy (non-hydrogen) atoms. The molecule has 0 spiro atoms. The fourth-order valence-electron chi connectivity index (χ4n) is 3.00. The van der Waals surface area contributed by atoms with E-state index in [1.807, 2.05) is 36.1 Å². The number of methoxy groups -OCH3 is 1. The quantitative estimate of drug-likeness (QED) is 0.854. The van der Waals surface area contributed by atoms with Gasteiger partial charge in [-0.05, 0) is 42.3 Å². The molecule has 1 aliphatic rings. The van der Waals surface area contributed by atoms with Crippen LogP contribution >= 0.6 is 0 Å². The first-order valence-electron chi connectivity index (χ1n) is 8.36. The second-order valence-corrected chi connectivity index (χ2v) is 6.29. The Morgan fingerprint density at radius 1 is 1.20 bits per heavy atom. The van der Waals surface area contributed by atoms with Gasteiger partial charge in [-0.3, -0.25) is 4.79 Å². The highest BCUT2D eigenvalue weighted by Gasteiger charge is 2.30. The lowest BCUT2D eigenvalue weighted by atomic mass is 10.0. The summed E-state index contributed by atoms with van der Waals surface area (Å²) in [5.74, 6) is 0.522. The molecule has 0 N–H and O–H groups in total. The number of halogens is 1. The third kappa shape index (κ3) is 4.17. The number of amides is 1. The van der Waals surface area contributed by atoms with Crippen molar-refractivity contribution >= 4 is 5.91 Å². The molecule has 132 valence electrons. The third-order valence-corrected chi connectivity index (χ3v) is 4.51. The van der Waals surface area contributed by atoms with Crippen LogP contribution in [0.15, 0.2) is 48.5 Å². The van der Waals surface area contributed by atoms with E-state index in [2.05, 4.69) is 0 Å². The van der Waals surface area contributed by atoms with Crippen LogP contribution in [0.25, 0.3) is 0 Å². The standard InChI is InChI=1S/C20H22FNO3/c1-14-13-25-19(16-5-9-18(24-2)10-6-16)12-22(14)20(23)11-15-3-7-17(21)8-4-15/h3-10,14,19H,11-13H2,1-2H3. The maximum Gasteiger partial charge on any atom is 0.227 e. The van der Waals surface area contributed by atoms with E-state index in [0.717, 1.165) is 16.9 Å². The highest BCUT2D eigenvalue weighted by Crippen LogP contribution is 2.27. The van der Waals surface area contributed by atoms with Gasteiger partial charge in [0.1, 0.15) is 17.7 Å². The molecule has 0 aliphatic carbocycles. The van der Waals surface area contributed by atoms with Gasteiger partial charge in [-0.2, -0.15) is 0 Å². The molecule has 2 unspecified atom stereocenters. The van der Waals surface area contributed by atoms with Crippen molar-refractivity contribution in [3.63, 3.8) is 0 Å². The van der Waals surface area contributed by atoms with E-state index < -0.39 is 0 Å². The van der Waals surface area contributed by atoms with Gasteiger partial charge < -0.3 is 14.4 Å². The average Bonchev–Trinajstić information content (AvgIpc) is 2.64. The largest absolute Gasteiger partial charge is 0.497 e. The van der Waals surface area contributed by atoms with Crippen LogP contribution in [0.1, 0.15) is 24.2 Å². The van der Waals surface area contributed by atoms with Gasteiger partial charge in [0.15, 0.2) is 0 Å². The highest BCUT2D eigenvalue weighted by atomic mass is 19.1. The van der Waals surface area contributed by atoms with Crippen molar-refractivity contribution in [2.75, 3.05) is 20.3 Å². The van der Waals surface area contributed by atoms with Crippen LogP contribution in [0.4, 0.5) is 4.39 Å². The fraction of sp³-hybridized carbons (Fsp3) is 0.350. The van der Waals surface area contributed by atoms with Crippen molar-refractivity contribution < 1.29 is 18.7 Å². The lowest BCUT2D eigenvalue weighted by Crippen LogP contribution is -2.48. The lowest BCUT2D eigenvalue weighted by molar-refractivity contribution is -0.143. The zero-order valence-electron chi connectivity index (χ0n) is 14.4. The lowest BCUT2D eigenvalue weighted by Gasteiger charge is -2.38. The Morgan fingerprint density at radius 2 is 1.88 bits per heavy atom. The predicted octanol–water partition coefficient (Wildman–Crippen LogP) is 3.37. The summed E-state index contributed by atoms with van der Waals surface area (Å²) in [6.45, 7) is 2.98. The Kier molecular flexibility index (Phi) is 5.34. The summed E-state index contributed by atoms with van der Waals surface area (Å²) in [7, 11) is 1.63. The Balaban J connectivity index is 1.68. The van der Waals surface area contributed by atoms with Crippen LogP contribution in [-0.2, 0) is 16.0 Å². The summed E-state index contributed by atoms with van der Waals surface area (Å²) in [6.07, 6.45) is 0.110.